The standard InChI is InChI=1S/C12H9N3O2/c16-12(17)9-4-3-7-6-14-11-8(10(7)15-9)2-1-5-13-11/h1-2,5-6H,3-4H2,(H,16,17). The molecule has 1 aliphatic heterocycles. The Bertz CT molecular complexity index is 649. The lowest BCUT2D eigenvalue weighted by molar-refractivity contribution is -0.129. The number of hydrogen-bond acceptors (Lipinski definition) is 4. The van der Waals surface area contributed by atoms with Crippen molar-refractivity contribution in [3.05, 3.63) is 30.1 Å². The minimum Gasteiger partial charge on any atom is -0.477 e. The maximum Gasteiger partial charge on any atom is 0.350 e. The van der Waals surface area contributed by atoms with Gasteiger partial charge >= 0.3 is 5.97 Å². The van der Waals surface area contributed by atoms with Gasteiger partial charge in [0.2, 0.25) is 0 Å². The summed E-state index contributed by atoms with van der Waals surface area (Å²) >= 11 is 0. The summed E-state index contributed by atoms with van der Waals surface area (Å²) in [5.74, 6) is -0.954. The molecule has 0 spiro atoms. The van der Waals surface area contributed by atoms with E-state index in [1.165, 1.54) is 0 Å². The Morgan fingerprint density at radius 2 is 2.18 bits per heavy atom. The summed E-state index contributed by atoms with van der Waals surface area (Å²) in [5.41, 5.74) is 2.48. The first-order valence-corrected chi connectivity index (χ1v) is 5.29. The van der Waals surface area contributed by atoms with Gasteiger partial charge in [-0.05, 0) is 24.1 Å². The van der Waals surface area contributed by atoms with Crippen molar-refractivity contribution in [2.45, 2.75) is 12.8 Å². The van der Waals surface area contributed by atoms with Crippen molar-refractivity contribution in [1.29, 1.82) is 0 Å². The second-order valence-corrected chi connectivity index (χ2v) is 3.87. The first kappa shape index (κ1) is 9.89. The van der Waals surface area contributed by atoms with Crippen LogP contribution < -0.4 is 0 Å². The number of hydrogen-bond donors (Lipinski definition) is 1. The van der Waals surface area contributed by atoms with Crippen LogP contribution >= 0.6 is 0 Å². The molecular weight excluding hydrogens is 218 g/mol. The van der Waals surface area contributed by atoms with Gasteiger partial charge in [0.1, 0.15) is 5.71 Å². The van der Waals surface area contributed by atoms with Crippen molar-refractivity contribution in [2.75, 3.05) is 0 Å². The summed E-state index contributed by atoms with van der Waals surface area (Å²) in [4.78, 5) is 23.5. The van der Waals surface area contributed by atoms with Gasteiger partial charge in [-0.1, -0.05) is 0 Å². The zero-order valence-corrected chi connectivity index (χ0v) is 8.92. The molecule has 2 aromatic heterocycles. The van der Waals surface area contributed by atoms with Gasteiger partial charge in [-0.15, -0.1) is 0 Å². The van der Waals surface area contributed by atoms with E-state index in [9.17, 15) is 4.79 Å². The summed E-state index contributed by atoms with van der Waals surface area (Å²) in [5, 5.41) is 9.78. The van der Waals surface area contributed by atoms with Gasteiger partial charge in [0.15, 0.2) is 5.65 Å². The summed E-state index contributed by atoms with van der Waals surface area (Å²) in [6.45, 7) is 0. The molecule has 84 valence electrons. The molecule has 5 heteroatoms. The van der Waals surface area contributed by atoms with Crippen LogP contribution in [0.4, 0.5) is 5.69 Å². The largest absolute Gasteiger partial charge is 0.477 e. The normalized spacial score (nSPS) is 14.2. The Balaban J connectivity index is 2.30. The minimum absolute atomic E-state index is 0.203. The van der Waals surface area contributed by atoms with Gasteiger partial charge in [0.25, 0.3) is 0 Å². The van der Waals surface area contributed by atoms with E-state index in [0.29, 0.717) is 24.2 Å². The molecule has 0 fully saturated rings. The highest BCUT2D eigenvalue weighted by Gasteiger charge is 2.19. The summed E-state index contributed by atoms with van der Waals surface area (Å²) < 4.78 is 0. The van der Waals surface area contributed by atoms with Gasteiger partial charge in [-0.2, -0.15) is 0 Å². The number of carboxylic acids is 1. The Labute approximate surface area is 96.9 Å². The lowest BCUT2D eigenvalue weighted by atomic mass is 10.0. The number of pyridine rings is 2. The van der Waals surface area contributed by atoms with Crippen LogP contribution in [0.3, 0.4) is 0 Å². The fraction of sp³-hybridized carbons (Fsp3) is 0.167. The second-order valence-electron chi connectivity index (χ2n) is 3.87. The number of fused-ring (bicyclic) bond motifs is 3. The Morgan fingerprint density at radius 3 is 3.00 bits per heavy atom. The highest BCUT2D eigenvalue weighted by atomic mass is 16.4. The number of rotatable bonds is 1. The Kier molecular flexibility index (Phi) is 2.11. The van der Waals surface area contributed by atoms with Crippen LogP contribution in [-0.2, 0) is 11.2 Å². The van der Waals surface area contributed by atoms with Gasteiger partial charge in [0, 0.05) is 24.2 Å². The lowest BCUT2D eigenvalue weighted by Crippen LogP contribution is -2.16. The van der Waals surface area contributed by atoms with Gasteiger partial charge in [0.05, 0.1) is 5.69 Å². The molecule has 17 heavy (non-hydrogen) atoms. The average molecular weight is 227 g/mol. The van der Waals surface area contributed by atoms with E-state index in [2.05, 4.69) is 15.0 Å². The molecule has 3 heterocycles. The molecule has 0 saturated carbocycles. The molecule has 0 radical (unpaired) electrons. The molecule has 0 atom stereocenters. The van der Waals surface area contributed by atoms with Gasteiger partial charge < -0.3 is 5.11 Å². The predicted octanol–water partition coefficient (Wildman–Crippen LogP) is 1.73. The van der Waals surface area contributed by atoms with Crippen LogP contribution in [0.25, 0.3) is 11.0 Å². The van der Waals surface area contributed by atoms with Crippen molar-refractivity contribution >= 4 is 28.4 Å². The van der Waals surface area contributed by atoms with Crippen LogP contribution in [0, 0.1) is 0 Å². The molecule has 0 amide bonds. The fourth-order valence-electron chi connectivity index (χ4n) is 1.97. The third kappa shape index (κ3) is 1.56. The molecule has 1 aliphatic rings. The second kappa shape index (κ2) is 3.62. The molecule has 2 aromatic rings. The predicted molar refractivity (Wildman–Crippen MR) is 62.6 cm³/mol. The van der Waals surface area contributed by atoms with Crippen LogP contribution in [-0.4, -0.2) is 26.8 Å². The molecule has 0 saturated heterocycles. The molecule has 0 bridgehead atoms. The number of aromatic nitrogens is 2. The van der Waals surface area contributed by atoms with Crippen molar-refractivity contribution in [3.8, 4) is 0 Å². The fourth-order valence-corrected chi connectivity index (χ4v) is 1.97. The minimum atomic E-state index is -0.954. The Morgan fingerprint density at radius 1 is 1.29 bits per heavy atom. The summed E-state index contributed by atoms with van der Waals surface area (Å²) in [6, 6.07) is 3.66. The van der Waals surface area contributed by atoms with E-state index in [4.69, 9.17) is 5.11 Å². The van der Waals surface area contributed by atoms with Crippen LogP contribution in [0.2, 0.25) is 0 Å². The van der Waals surface area contributed by atoms with Crippen molar-refractivity contribution in [2.24, 2.45) is 4.99 Å². The van der Waals surface area contributed by atoms with Crippen LogP contribution in [0.15, 0.2) is 29.5 Å². The number of nitrogens with zero attached hydrogens (tertiary/aromatic N) is 3. The molecule has 0 aromatic carbocycles. The highest BCUT2D eigenvalue weighted by molar-refractivity contribution is 6.36. The van der Waals surface area contributed by atoms with E-state index < -0.39 is 5.97 Å². The van der Waals surface area contributed by atoms with Gasteiger partial charge in [-0.25, -0.2) is 19.8 Å². The highest BCUT2D eigenvalue weighted by Crippen LogP contribution is 2.31. The Hall–Kier alpha value is -2.30. The summed E-state index contributed by atoms with van der Waals surface area (Å²) in [7, 11) is 0. The average Bonchev–Trinajstić information content (AvgIpc) is 2.38. The first-order valence-electron chi connectivity index (χ1n) is 5.29. The zero-order chi connectivity index (χ0) is 11.8. The van der Waals surface area contributed by atoms with E-state index >= 15 is 0 Å². The molecular formula is C12H9N3O2. The van der Waals surface area contributed by atoms with Gasteiger partial charge in [-0.3, -0.25) is 0 Å². The molecule has 5 nitrogen and oxygen atoms in total. The number of carboxylic acid groups (broad SMARTS) is 1. The molecule has 1 N–H and O–H groups in total. The van der Waals surface area contributed by atoms with Crippen molar-refractivity contribution in [1.82, 2.24) is 9.97 Å². The monoisotopic (exact) mass is 227 g/mol. The van der Waals surface area contributed by atoms with Crippen molar-refractivity contribution < 1.29 is 9.90 Å². The van der Waals surface area contributed by atoms with Crippen molar-refractivity contribution in [3.63, 3.8) is 0 Å². The first-order chi connectivity index (χ1) is 8.25. The number of carbonyl (C=O) groups is 1. The van der Waals surface area contributed by atoms with Crippen LogP contribution in [0.1, 0.15) is 12.0 Å². The zero-order valence-electron chi connectivity index (χ0n) is 8.92. The lowest BCUT2D eigenvalue weighted by Gasteiger charge is -2.13. The SMILES string of the molecule is O=C(O)C1=Nc2c(cnc3ncccc23)CC1. The topological polar surface area (TPSA) is 75.4 Å². The van der Waals surface area contributed by atoms with E-state index in [0.717, 1.165) is 10.9 Å². The third-order valence-corrected chi connectivity index (χ3v) is 2.81. The third-order valence-electron chi connectivity index (χ3n) is 2.81. The number of aliphatic imine (C=N–C) groups is 1. The number of aliphatic carboxylic acids is 1. The maximum atomic E-state index is 10.9. The number of aryl methyl sites for hydroxylation is 1. The van der Waals surface area contributed by atoms with Crippen LogP contribution in [0.5, 0.6) is 0 Å². The van der Waals surface area contributed by atoms with E-state index in [1.54, 1.807) is 18.5 Å². The summed E-state index contributed by atoms with van der Waals surface area (Å²) in [6.07, 6.45) is 4.51. The maximum absolute atomic E-state index is 10.9. The van der Waals surface area contributed by atoms with E-state index in [1.807, 2.05) is 6.07 Å². The quantitative estimate of drug-likeness (QED) is 0.805. The molecule has 0 unspecified atom stereocenters. The smallest absolute Gasteiger partial charge is 0.350 e. The molecule has 0 aliphatic carbocycles. The molecule has 3 rings (SSSR count). The van der Waals surface area contributed by atoms with E-state index in [-0.39, 0.29) is 5.71 Å².